The van der Waals surface area contributed by atoms with Crippen LogP contribution in [-0.2, 0) is 0 Å². The molecule has 16 heavy (non-hydrogen) atoms. The predicted octanol–water partition coefficient (Wildman–Crippen LogP) is 2.38. The minimum atomic E-state index is -4.43. The van der Waals surface area contributed by atoms with Crippen LogP contribution in [0.3, 0.4) is 0 Å². The number of hydrogen-bond acceptors (Lipinski definition) is 2. The summed E-state index contributed by atoms with van der Waals surface area (Å²) in [6.45, 7) is -0.315. The Morgan fingerprint density at radius 1 is 1.31 bits per heavy atom. The number of allylic oxidation sites excluding steroid dienone is 4. The molecule has 5 heteroatoms. The van der Waals surface area contributed by atoms with Crippen LogP contribution in [-0.4, -0.2) is 23.6 Å². The van der Waals surface area contributed by atoms with E-state index in [9.17, 15) is 13.2 Å². The maximum atomic E-state index is 13.2. The fourth-order valence-corrected chi connectivity index (χ4v) is 2.03. The number of aliphatic hydroxyl groups is 1. The molecular weight excluding hydrogens is 219 g/mol. The molecule has 0 amide bonds. The average Bonchev–Trinajstić information content (AvgIpc) is 2.59. The number of fused-ring (bicyclic) bond motifs is 1. The van der Waals surface area contributed by atoms with Crippen LogP contribution in [0.15, 0.2) is 41.1 Å². The van der Waals surface area contributed by atoms with Gasteiger partial charge in [-0.1, -0.05) is 18.2 Å². The van der Waals surface area contributed by atoms with Gasteiger partial charge in [-0.15, -0.1) is 0 Å². The molecule has 86 valence electrons. The van der Waals surface area contributed by atoms with Gasteiger partial charge in [-0.05, 0) is 18.1 Å². The lowest BCUT2D eigenvalue weighted by atomic mass is 9.73. The third kappa shape index (κ3) is 1.35. The standard InChI is InChI=1S/C11H10F3NO/c12-11(13,14)10-5-2-1-3-9(10)15-7-8(10)4-6-16/h1-3,5,7,16H,4,6H2. The van der Waals surface area contributed by atoms with E-state index in [1.54, 1.807) is 0 Å². The smallest absolute Gasteiger partial charge is 0.396 e. The number of alkyl halides is 3. The summed E-state index contributed by atoms with van der Waals surface area (Å²) in [4.78, 5) is 3.78. The zero-order valence-electron chi connectivity index (χ0n) is 8.33. The Labute approximate surface area is 90.5 Å². The molecule has 1 aliphatic heterocycles. The van der Waals surface area contributed by atoms with Crippen molar-refractivity contribution in [2.24, 2.45) is 10.4 Å². The molecular formula is C11H10F3NO. The zero-order chi connectivity index (χ0) is 11.8. The van der Waals surface area contributed by atoms with Crippen molar-refractivity contribution >= 4 is 5.71 Å². The summed E-state index contributed by atoms with van der Waals surface area (Å²) in [7, 11) is 0. The van der Waals surface area contributed by atoms with E-state index >= 15 is 0 Å². The summed E-state index contributed by atoms with van der Waals surface area (Å²) in [6, 6.07) is 0. The van der Waals surface area contributed by atoms with Gasteiger partial charge >= 0.3 is 6.18 Å². The molecule has 1 heterocycles. The van der Waals surface area contributed by atoms with E-state index < -0.39 is 11.6 Å². The molecule has 0 saturated carbocycles. The van der Waals surface area contributed by atoms with Gasteiger partial charge in [0.15, 0.2) is 0 Å². The van der Waals surface area contributed by atoms with Crippen LogP contribution in [0.5, 0.6) is 0 Å². The lowest BCUT2D eigenvalue weighted by Crippen LogP contribution is -2.43. The number of nitrogens with zero attached hydrogens (tertiary/aromatic N) is 1. The van der Waals surface area contributed by atoms with Crippen molar-refractivity contribution < 1.29 is 18.3 Å². The molecule has 1 aliphatic carbocycles. The third-order valence-electron chi connectivity index (χ3n) is 2.81. The van der Waals surface area contributed by atoms with Crippen molar-refractivity contribution in [1.82, 2.24) is 0 Å². The summed E-state index contributed by atoms with van der Waals surface area (Å²) in [5, 5.41) is 8.80. The summed E-state index contributed by atoms with van der Waals surface area (Å²) in [6.07, 6.45) is 2.10. The molecule has 0 fully saturated rings. The van der Waals surface area contributed by atoms with E-state index in [0.29, 0.717) is 0 Å². The van der Waals surface area contributed by atoms with Crippen molar-refractivity contribution in [3.8, 4) is 0 Å². The van der Waals surface area contributed by atoms with Crippen molar-refractivity contribution in [3.05, 3.63) is 36.1 Å². The van der Waals surface area contributed by atoms with Crippen LogP contribution in [0.1, 0.15) is 6.42 Å². The van der Waals surface area contributed by atoms with Crippen molar-refractivity contribution in [2.75, 3.05) is 6.61 Å². The molecule has 0 aromatic carbocycles. The van der Waals surface area contributed by atoms with Gasteiger partial charge in [0.1, 0.15) is 5.41 Å². The van der Waals surface area contributed by atoms with E-state index in [0.717, 1.165) is 6.08 Å². The number of aliphatic imine (C=N–C) groups is 1. The first-order valence-electron chi connectivity index (χ1n) is 4.83. The number of halogens is 3. The second-order valence-electron chi connectivity index (χ2n) is 3.67. The monoisotopic (exact) mass is 229 g/mol. The maximum absolute atomic E-state index is 13.2. The van der Waals surface area contributed by atoms with Crippen LogP contribution in [0.25, 0.3) is 0 Å². The van der Waals surface area contributed by atoms with Gasteiger partial charge in [0.05, 0.1) is 5.71 Å². The van der Waals surface area contributed by atoms with Crippen molar-refractivity contribution in [1.29, 1.82) is 0 Å². The summed E-state index contributed by atoms with van der Waals surface area (Å²) in [5.74, 6) is 0. The largest absolute Gasteiger partial charge is 0.407 e. The normalized spacial score (nSPS) is 27.8. The molecule has 2 rings (SSSR count). The Balaban J connectivity index is 2.49. The molecule has 2 nitrogen and oxygen atoms in total. The van der Waals surface area contributed by atoms with Crippen LogP contribution in [0.4, 0.5) is 13.2 Å². The Morgan fingerprint density at radius 2 is 2.06 bits per heavy atom. The van der Waals surface area contributed by atoms with Gasteiger partial charge in [-0.3, -0.25) is 4.99 Å². The fourth-order valence-electron chi connectivity index (χ4n) is 2.03. The second kappa shape index (κ2) is 3.59. The quantitative estimate of drug-likeness (QED) is 0.774. The van der Waals surface area contributed by atoms with Gasteiger partial charge in [0, 0.05) is 12.8 Å². The van der Waals surface area contributed by atoms with Gasteiger partial charge in [-0.2, -0.15) is 13.2 Å². The Bertz CT molecular complexity index is 417. The average molecular weight is 229 g/mol. The van der Waals surface area contributed by atoms with Crippen LogP contribution in [0.2, 0.25) is 0 Å². The molecule has 0 radical (unpaired) electrons. The van der Waals surface area contributed by atoms with Crippen LogP contribution in [0, 0.1) is 5.41 Å². The number of aliphatic hydroxyl groups excluding tert-OH is 1. The molecule has 1 unspecified atom stereocenters. The lowest BCUT2D eigenvalue weighted by molar-refractivity contribution is -0.170. The van der Waals surface area contributed by atoms with Gasteiger partial charge in [-0.25, -0.2) is 0 Å². The lowest BCUT2D eigenvalue weighted by Gasteiger charge is -2.33. The van der Waals surface area contributed by atoms with E-state index in [-0.39, 0.29) is 24.3 Å². The molecule has 0 bridgehead atoms. The van der Waals surface area contributed by atoms with Crippen LogP contribution < -0.4 is 0 Å². The minimum absolute atomic E-state index is 0.0223. The first kappa shape index (κ1) is 11.1. The highest BCUT2D eigenvalue weighted by Crippen LogP contribution is 2.51. The minimum Gasteiger partial charge on any atom is -0.396 e. The van der Waals surface area contributed by atoms with Gasteiger partial charge in [0.2, 0.25) is 0 Å². The van der Waals surface area contributed by atoms with E-state index in [1.165, 1.54) is 24.4 Å². The molecule has 1 atom stereocenters. The van der Waals surface area contributed by atoms with E-state index in [1.807, 2.05) is 0 Å². The Morgan fingerprint density at radius 3 is 2.69 bits per heavy atom. The highest BCUT2D eigenvalue weighted by Gasteiger charge is 2.59. The van der Waals surface area contributed by atoms with Crippen molar-refractivity contribution in [2.45, 2.75) is 12.6 Å². The summed E-state index contributed by atoms with van der Waals surface area (Å²) < 4.78 is 39.5. The number of hydrogen-bond donors (Lipinski definition) is 1. The molecule has 0 saturated heterocycles. The molecule has 1 N–H and O–H groups in total. The first-order valence-corrected chi connectivity index (χ1v) is 4.83. The van der Waals surface area contributed by atoms with E-state index in [4.69, 9.17) is 5.11 Å². The topological polar surface area (TPSA) is 32.6 Å². The highest BCUT2D eigenvalue weighted by atomic mass is 19.4. The third-order valence-corrected chi connectivity index (χ3v) is 2.81. The maximum Gasteiger partial charge on any atom is 0.407 e. The molecule has 2 aliphatic rings. The Hall–Kier alpha value is -1.36. The molecule has 0 aromatic rings. The highest BCUT2D eigenvalue weighted by molar-refractivity contribution is 6.07. The van der Waals surface area contributed by atoms with E-state index in [2.05, 4.69) is 4.99 Å². The van der Waals surface area contributed by atoms with Crippen molar-refractivity contribution in [3.63, 3.8) is 0 Å². The fraction of sp³-hybridized carbons (Fsp3) is 0.364. The van der Waals surface area contributed by atoms with Gasteiger partial charge in [0.25, 0.3) is 0 Å². The second-order valence-corrected chi connectivity index (χ2v) is 3.67. The predicted molar refractivity (Wildman–Crippen MR) is 54.0 cm³/mol. The molecule has 0 aromatic heterocycles. The van der Waals surface area contributed by atoms with Gasteiger partial charge < -0.3 is 5.11 Å². The number of rotatable bonds is 2. The molecule has 0 spiro atoms. The SMILES string of the molecule is OCCC1=CN=C2C=CC=CC12C(F)(F)F. The first-order chi connectivity index (χ1) is 7.52. The Kier molecular flexibility index (Phi) is 2.50. The summed E-state index contributed by atoms with van der Waals surface area (Å²) in [5.41, 5.74) is -2.05. The van der Waals surface area contributed by atoms with Crippen LogP contribution >= 0.6 is 0 Å². The zero-order valence-corrected chi connectivity index (χ0v) is 8.33. The summed E-state index contributed by atoms with van der Waals surface area (Å²) >= 11 is 0.